The van der Waals surface area contributed by atoms with Crippen molar-refractivity contribution in [3.05, 3.63) is 164 Å². The molecule has 0 spiro atoms. The van der Waals surface area contributed by atoms with E-state index in [9.17, 15) is 0 Å². The van der Waals surface area contributed by atoms with Gasteiger partial charge < -0.3 is 13.7 Å². The SMILES string of the molecule is c1ccc(-c2ccc(N(c3ccc4c(c3)oc3ccccc34)c3ccc4sc5ccc6oc7c8ccccc8ccc7c6c5c4c3)cc2)cc1. The standard InChI is InChI=1S/C46H27NO2S/c1-2-8-28(9-3-1)29-14-17-31(18-15-29)47(33-19-22-36-35-12-6-7-13-39(35)48-41(36)27-33)32-20-24-42-38(26-32)45-43(50-42)25-23-40-44(45)37-21-16-30-10-4-5-11-34(30)46(37)49-40/h1-27H. The van der Waals surface area contributed by atoms with Crippen LogP contribution >= 0.6 is 11.3 Å². The number of para-hydroxylation sites is 1. The molecule has 11 rings (SSSR count). The van der Waals surface area contributed by atoms with Crippen molar-refractivity contribution in [1.29, 1.82) is 0 Å². The summed E-state index contributed by atoms with van der Waals surface area (Å²) in [4.78, 5) is 2.34. The molecule has 0 N–H and O–H groups in total. The van der Waals surface area contributed by atoms with E-state index in [4.69, 9.17) is 8.83 Å². The molecule has 4 heteroatoms. The molecular weight excluding hydrogens is 631 g/mol. The first-order valence-corrected chi connectivity index (χ1v) is 17.6. The third-order valence-corrected chi connectivity index (χ3v) is 11.2. The topological polar surface area (TPSA) is 29.5 Å². The van der Waals surface area contributed by atoms with E-state index in [2.05, 4.69) is 157 Å². The van der Waals surface area contributed by atoms with Gasteiger partial charge in [0.2, 0.25) is 0 Å². The molecule has 8 aromatic carbocycles. The largest absolute Gasteiger partial charge is 0.456 e. The molecule has 50 heavy (non-hydrogen) atoms. The van der Waals surface area contributed by atoms with Gasteiger partial charge in [0.25, 0.3) is 0 Å². The minimum atomic E-state index is 0.871. The molecule has 0 fully saturated rings. The number of fused-ring (bicyclic) bond motifs is 12. The third-order valence-electron chi connectivity index (χ3n) is 10.1. The quantitative estimate of drug-likeness (QED) is 0.189. The lowest BCUT2D eigenvalue weighted by molar-refractivity contribution is 0.669. The molecule has 3 aromatic heterocycles. The van der Waals surface area contributed by atoms with E-state index in [-0.39, 0.29) is 0 Å². The molecule has 234 valence electrons. The number of hydrogen-bond acceptors (Lipinski definition) is 4. The van der Waals surface area contributed by atoms with Crippen molar-refractivity contribution < 1.29 is 8.83 Å². The summed E-state index contributed by atoms with van der Waals surface area (Å²) in [5.41, 5.74) is 9.20. The highest BCUT2D eigenvalue weighted by Gasteiger charge is 2.20. The molecule has 0 saturated carbocycles. The molecule has 0 aliphatic rings. The van der Waals surface area contributed by atoms with Gasteiger partial charge in [-0.25, -0.2) is 0 Å². The Balaban J connectivity index is 1.15. The highest BCUT2D eigenvalue weighted by atomic mass is 32.1. The zero-order valence-electron chi connectivity index (χ0n) is 26.8. The normalized spacial score (nSPS) is 12.0. The van der Waals surface area contributed by atoms with Crippen LogP contribution in [0.1, 0.15) is 0 Å². The van der Waals surface area contributed by atoms with Crippen LogP contribution in [0.2, 0.25) is 0 Å². The van der Waals surface area contributed by atoms with Gasteiger partial charge in [-0.15, -0.1) is 11.3 Å². The van der Waals surface area contributed by atoms with E-state index < -0.39 is 0 Å². The summed E-state index contributed by atoms with van der Waals surface area (Å²) in [6.07, 6.45) is 0. The Kier molecular flexibility index (Phi) is 5.83. The number of anilines is 3. The molecule has 0 bridgehead atoms. The van der Waals surface area contributed by atoms with Crippen LogP contribution in [0, 0.1) is 0 Å². The van der Waals surface area contributed by atoms with Crippen LogP contribution in [-0.4, -0.2) is 0 Å². The molecule has 11 aromatic rings. The minimum absolute atomic E-state index is 0.871. The van der Waals surface area contributed by atoms with E-state index in [1.165, 1.54) is 42.1 Å². The van der Waals surface area contributed by atoms with Crippen LogP contribution in [-0.2, 0) is 0 Å². The highest BCUT2D eigenvalue weighted by molar-refractivity contribution is 7.26. The Morgan fingerprint density at radius 3 is 1.96 bits per heavy atom. The van der Waals surface area contributed by atoms with Crippen LogP contribution in [0.3, 0.4) is 0 Å². The summed E-state index contributed by atoms with van der Waals surface area (Å²) in [7, 11) is 0. The van der Waals surface area contributed by atoms with Gasteiger partial charge in [-0.1, -0.05) is 91.0 Å². The average Bonchev–Trinajstić information content (AvgIpc) is 3.86. The zero-order valence-corrected chi connectivity index (χ0v) is 27.6. The van der Waals surface area contributed by atoms with Crippen LogP contribution < -0.4 is 4.90 Å². The Hall–Kier alpha value is -6.36. The lowest BCUT2D eigenvalue weighted by atomic mass is 10.0. The predicted octanol–water partition coefficient (Wildman–Crippen LogP) is 14.1. The predicted molar refractivity (Wildman–Crippen MR) is 212 cm³/mol. The van der Waals surface area contributed by atoms with Gasteiger partial charge in [0.05, 0.1) is 0 Å². The summed E-state index contributed by atoms with van der Waals surface area (Å²) in [6, 6.07) is 58.3. The van der Waals surface area contributed by atoms with Crippen molar-refractivity contribution in [2.45, 2.75) is 0 Å². The van der Waals surface area contributed by atoms with E-state index >= 15 is 0 Å². The van der Waals surface area contributed by atoms with Crippen molar-refractivity contribution >= 4 is 103 Å². The van der Waals surface area contributed by atoms with Crippen LogP contribution in [0.15, 0.2) is 173 Å². The number of rotatable bonds is 4. The summed E-state index contributed by atoms with van der Waals surface area (Å²) in [5, 5.41) is 9.36. The maximum Gasteiger partial charge on any atom is 0.143 e. The fourth-order valence-electron chi connectivity index (χ4n) is 7.72. The Labute approximate surface area is 290 Å². The summed E-state index contributed by atoms with van der Waals surface area (Å²) < 4.78 is 15.5. The molecule has 3 heterocycles. The summed E-state index contributed by atoms with van der Waals surface area (Å²) in [6.45, 7) is 0. The van der Waals surface area contributed by atoms with E-state index in [0.29, 0.717) is 0 Å². The first-order chi connectivity index (χ1) is 24.8. The molecule has 0 aliphatic carbocycles. The lowest BCUT2D eigenvalue weighted by Gasteiger charge is -2.26. The smallest absolute Gasteiger partial charge is 0.143 e. The first kappa shape index (κ1) is 27.6. The van der Waals surface area contributed by atoms with Crippen LogP contribution in [0.4, 0.5) is 17.1 Å². The fraction of sp³-hybridized carbons (Fsp3) is 0. The van der Waals surface area contributed by atoms with Crippen molar-refractivity contribution in [2.75, 3.05) is 4.90 Å². The van der Waals surface area contributed by atoms with E-state index in [1.807, 2.05) is 23.5 Å². The monoisotopic (exact) mass is 657 g/mol. The Morgan fingerprint density at radius 1 is 0.380 bits per heavy atom. The lowest BCUT2D eigenvalue weighted by Crippen LogP contribution is -2.09. The number of hydrogen-bond donors (Lipinski definition) is 0. The van der Waals surface area contributed by atoms with Gasteiger partial charge in [-0.2, -0.15) is 0 Å². The molecular formula is C46H27NO2S. The first-order valence-electron chi connectivity index (χ1n) is 16.8. The van der Waals surface area contributed by atoms with Gasteiger partial charge in [-0.05, 0) is 83.2 Å². The van der Waals surface area contributed by atoms with Gasteiger partial charge in [-0.3, -0.25) is 0 Å². The van der Waals surface area contributed by atoms with Gasteiger partial charge >= 0.3 is 0 Å². The second-order valence-electron chi connectivity index (χ2n) is 12.9. The van der Waals surface area contributed by atoms with Crippen molar-refractivity contribution in [3.63, 3.8) is 0 Å². The molecule has 0 amide bonds. The zero-order chi connectivity index (χ0) is 32.8. The molecule has 0 aliphatic heterocycles. The molecule has 0 atom stereocenters. The van der Waals surface area contributed by atoms with Crippen molar-refractivity contribution in [2.24, 2.45) is 0 Å². The molecule has 3 nitrogen and oxygen atoms in total. The maximum absolute atomic E-state index is 6.61. The Bertz CT molecular complexity index is 3090. The summed E-state index contributed by atoms with van der Waals surface area (Å²) >= 11 is 1.83. The highest BCUT2D eigenvalue weighted by Crippen LogP contribution is 2.46. The van der Waals surface area contributed by atoms with E-state index in [0.717, 1.165) is 60.9 Å². The van der Waals surface area contributed by atoms with Gasteiger partial charge in [0, 0.05) is 70.2 Å². The maximum atomic E-state index is 6.61. The third kappa shape index (κ3) is 4.09. The van der Waals surface area contributed by atoms with Gasteiger partial charge in [0.15, 0.2) is 0 Å². The Morgan fingerprint density at radius 2 is 1.06 bits per heavy atom. The average molecular weight is 658 g/mol. The molecule has 0 unspecified atom stereocenters. The number of benzene rings is 8. The molecule has 0 saturated heterocycles. The van der Waals surface area contributed by atoms with Crippen LogP contribution in [0.5, 0.6) is 0 Å². The van der Waals surface area contributed by atoms with E-state index in [1.54, 1.807) is 0 Å². The second-order valence-corrected chi connectivity index (χ2v) is 14.0. The minimum Gasteiger partial charge on any atom is -0.456 e. The molecule has 0 radical (unpaired) electrons. The fourth-order valence-corrected chi connectivity index (χ4v) is 8.82. The number of nitrogens with zero attached hydrogens (tertiary/aromatic N) is 1. The van der Waals surface area contributed by atoms with Crippen LogP contribution in [0.25, 0.3) is 85.9 Å². The number of thiophene rings is 1. The summed E-state index contributed by atoms with van der Waals surface area (Å²) in [5.74, 6) is 0. The van der Waals surface area contributed by atoms with Gasteiger partial charge in [0.1, 0.15) is 22.3 Å². The number of furan rings is 2. The second kappa shape index (κ2) is 10.6. The van der Waals surface area contributed by atoms with Crippen molar-refractivity contribution in [1.82, 2.24) is 0 Å². The van der Waals surface area contributed by atoms with Crippen molar-refractivity contribution in [3.8, 4) is 11.1 Å².